The van der Waals surface area contributed by atoms with Gasteiger partial charge in [-0.2, -0.15) is 0 Å². The standard InChI is InChI=1S/C24H27N3O2/c1-4-22-20-11-10-16(2)14-19(20)12-13-27(22)23(28)15-21(18-8-6-5-7-9-18)24-26-25-17(3)29-24/h5-11,14,21-22H,4,12-13,15H2,1-3H3. The minimum Gasteiger partial charge on any atom is -0.425 e. The average Bonchev–Trinajstić information content (AvgIpc) is 3.17. The van der Waals surface area contributed by atoms with Crippen LogP contribution < -0.4 is 0 Å². The molecule has 0 N–H and O–H groups in total. The summed E-state index contributed by atoms with van der Waals surface area (Å²) in [5, 5.41) is 8.20. The van der Waals surface area contributed by atoms with Crippen molar-refractivity contribution in [3.8, 4) is 0 Å². The molecule has 0 radical (unpaired) electrons. The molecule has 0 spiro atoms. The van der Waals surface area contributed by atoms with Crippen molar-refractivity contribution >= 4 is 5.91 Å². The number of carbonyl (C=O) groups excluding carboxylic acids is 1. The second kappa shape index (κ2) is 8.19. The molecule has 1 aliphatic rings. The van der Waals surface area contributed by atoms with Gasteiger partial charge in [0.05, 0.1) is 12.0 Å². The van der Waals surface area contributed by atoms with Gasteiger partial charge in [-0.15, -0.1) is 10.2 Å². The minimum absolute atomic E-state index is 0.118. The maximum Gasteiger partial charge on any atom is 0.224 e. The molecule has 1 aliphatic heterocycles. The van der Waals surface area contributed by atoms with E-state index in [4.69, 9.17) is 4.42 Å². The van der Waals surface area contributed by atoms with Gasteiger partial charge < -0.3 is 9.32 Å². The molecule has 5 heteroatoms. The molecule has 2 aromatic carbocycles. The van der Waals surface area contributed by atoms with Crippen LogP contribution in [0.1, 0.15) is 65.8 Å². The number of aromatic nitrogens is 2. The van der Waals surface area contributed by atoms with Crippen LogP contribution >= 0.6 is 0 Å². The number of hydrogen-bond acceptors (Lipinski definition) is 4. The topological polar surface area (TPSA) is 59.2 Å². The molecular weight excluding hydrogens is 362 g/mol. The van der Waals surface area contributed by atoms with Gasteiger partial charge in [0.25, 0.3) is 0 Å². The lowest BCUT2D eigenvalue weighted by atomic mass is 9.88. The minimum atomic E-state index is -0.234. The Morgan fingerprint density at radius 1 is 1.17 bits per heavy atom. The molecule has 2 atom stereocenters. The fourth-order valence-corrected chi connectivity index (χ4v) is 4.36. The van der Waals surface area contributed by atoms with Gasteiger partial charge >= 0.3 is 0 Å². The van der Waals surface area contributed by atoms with Crippen LogP contribution in [0.5, 0.6) is 0 Å². The van der Waals surface area contributed by atoms with Gasteiger partial charge in [0.15, 0.2) is 0 Å². The monoisotopic (exact) mass is 389 g/mol. The second-order valence-electron chi connectivity index (χ2n) is 7.79. The number of benzene rings is 2. The molecule has 0 bridgehead atoms. The third-order valence-corrected chi connectivity index (χ3v) is 5.78. The molecule has 4 rings (SSSR count). The summed E-state index contributed by atoms with van der Waals surface area (Å²) < 4.78 is 5.72. The summed E-state index contributed by atoms with van der Waals surface area (Å²) in [5.41, 5.74) is 4.94. The average molecular weight is 389 g/mol. The summed E-state index contributed by atoms with van der Waals surface area (Å²) in [7, 11) is 0. The van der Waals surface area contributed by atoms with E-state index in [1.54, 1.807) is 6.92 Å². The zero-order chi connectivity index (χ0) is 20.4. The largest absolute Gasteiger partial charge is 0.425 e. The summed E-state index contributed by atoms with van der Waals surface area (Å²) in [6.07, 6.45) is 2.12. The highest BCUT2D eigenvalue weighted by Crippen LogP contribution is 2.35. The van der Waals surface area contributed by atoms with Crippen molar-refractivity contribution in [1.29, 1.82) is 0 Å². The molecule has 2 unspecified atom stereocenters. The summed E-state index contributed by atoms with van der Waals surface area (Å²) in [4.78, 5) is 15.5. The van der Waals surface area contributed by atoms with E-state index in [2.05, 4.69) is 42.2 Å². The Kier molecular flexibility index (Phi) is 5.47. The molecule has 3 aromatic rings. The summed E-state index contributed by atoms with van der Waals surface area (Å²) in [5.74, 6) is 0.916. The Hall–Kier alpha value is -2.95. The van der Waals surface area contributed by atoms with Gasteiger partial charge in [-0.3, -0.25) is 4.79 Å². The van der Waals surface area contributed by atoms with Crippen molar-refractivity contribution in [3.63, 3.8) is 0 Å². The van der Waals surface area contributed by atoms with E-state index in [9.17, 15) is 4.79 Å². The molecular formula is C24H27N3O2. The molecule has 29 heavy (non-hydrogen) atoms. The molecule has 0 saturated carbocycles. The van der Waals surface area contributed by atoms with Gasteiger partial charge in [-0.25, -0.2) is 0 Å². The van der Waals surface area contributed by atoms with Crippen LogP contribution in [-0.4, -0.2) is 27.5 Å². The van der Waals surface area contributed by atoms with Crippen molar-refractivity contribution < 1.29 is 9.21 Å². The Morgan fingerprint density at radius 3 is 2.66 bits per heavy atom. The number of nitrogens with zero attached hydrogens (tertiary/aromatic N) is 3. The number of aryl methyl sites for hydroxylation is 2. The molecule has 0 fully saturated rings. The third-order valence-electron chi connectivity index (χ3n) is 5.78. The first-order valence-corrected chi connectivity index (χ1v) is 10.3. The van der Waals surface area contributed by atoms with Crippen LogP contribution in [0.15, 0.2) is 52.9 Å². The van der Waals surface area contributed by atoms with E-state index < -0.39 is 0 Å². The fourth-order valence-electron chi connectivity index (χ4n) is 4.36. The van der Waals surface area contributed by atoms with Gasteiger partial charge in [-0.1, -0.05) is 61.0 Å². The van der Waals surface area contributed by atoms with E-state index in [0.717, 1.165) is 24.9 Å². The van der Waals surface area contributed by atoms with Crippen LogP contribution in [0.2, 0.25) is 0 Å². The number of rotatable bonds is 5. The zero-order valence-corrected chi connectivity index (χ0v) is 17.3. The molecule has 1 aromatic heterocycles. The normalized spacial score (nSPS) is 17.1. The Morgan fingerprint density at radius 2 is 1.97 bits per heavy atom. The van der Waals surface area contributed by atoms with Crippen molar-refractivity contribution in [1.82, 2.24) is 15.1 Å². The van der Waals surface area contributed by atoms with Crippen molar-refractivity contribution in [2.45, 2.75) is 52.0 Å². The predicted octanol–water partition coefficient (Wildman–Crippen LogP) is 4.74. The summed E-state index contributed by atoms with van der Waals surface area (Å²) in [6, 6.07) is 16.7. The Bertz CT molecular complexity index is 996. The molecule has 0 saturated heterocycles. The lowest BCUT2D eigenvalue weighted by molar-refractivity contribution is -0.134. The first kappa shape index (κ1) is 19.4. The van der Waals surface area contributed by atoms with Crippen LogP contribution in [0.25, 0.3) is 0 Å². The van der Waals surface area contributed by atoms with Gasteiger partial charge in [0, 0.05) is 19.9 Å². The van der Waals surface area contributed by atoms with E-state index >= 15 is 0 Å². The van der Waals surface area contributed by atoms with Crippen LogP contribution in [0.3, 0.4) is 0 Å². The molecule has 0 aliphatic carbocycles. The van der Waals surface area contributed by atoms with Gasteiger partial charge in [0.2, 0.25) is 17.7 Å². The maximum atomic E-state index is 13.4. The number of fused-ring (bicyclic) bond motifs is 1. The third kappa shape index (κ3) is 3.95. The van der Waals surface area contributed by atoms with Crippen LogP contribution in [0, 0.1) is 13.8 Å². The highest BCUT2D eigenvalue weighted by molar-refractivity contribution is 5.78. The Balaban J connectivity index is 1.61. The maximum absolute atomic E-state index is 13.4. The van der Waals surface area contributed by atoms with Crippen LogP contribution in [-0.2, 0) is 11.2 Å². The smallest absolute Gasteiger partial charge is 0.224 e. The second-order valence-corrected chi connectivity index (χ2v) is 7.79. The molecule has 2 heterocycles. The Labute approximate surface area is 171 Å². The van der Waals surface area contributed by atoms with Crippen molar-refractivity contribution in [3.05, 3.63) is 82.6 Å². The fraction of sp³-hybridized carbons (Fsp3) is 0.375. The lowest BCUT2D eigenvalue weighted by Crippen LogP contribution is -2.40. The molecule has 5 nitrogen and oxygen atoms in total. The predicted molar refractivity (Wildman–Crippen MR) is 112 cm³/mol. The highest BCUT2D eigenvalue weighted by atomic mass is 16.4. The van der Waals surface area contributed by atoms with Gasteiger partial charge in [0.1, 0.15) is 0 Å². The van der Waals surface area contributed by atoms with Crippen molar-refractivity contribution in [2.24, 2.45) is 0 Å². The summed E-state index contributed by atoms with van der Waals surface area (Å²) in [6.45, 7) is 6.79. The highest BCUT2D eigenvalue weighted by Gasteiger charge is 2.32. The van der Waals surface area contributed by atoms with E-state index in [1.807, 2.05) is 35.2 Å². The molecule has 150 valence electrons. The quantitative estimate of drug-likeness (QED) is 0.632. The first-order valence-electron chi connectivity index (χ1n) is 10.3. The molecule has 1 amide bonds. The van der Waals surface area contributed by atoms with E-state index in [-0.39, 0.29) is 17.9 Å². The first-order chi connectivity index (χ1) is 14.1. The number of amides is 1. The summed E-state index contributed by atoms with van der Waals surface area (Å²) >= 11 is 0. The van der Waals surface area contributed by atoms with Crippen LogP contribution in [0.4, 0.5) is 0 Å². The van der Waals surface area contributed by atoms with Crippen molar-refractivity contribution in [2.75, 3.05) is 6.54 Å². The van der Waals surface area contributed by atoms with E-state index in [0.29, 0.717) is 18.2 Å². The van der Waals surface area contributed by atoms with E-state index in [1.165, 1.54) is 16.7 Å². The lowest BCUT2D eigenvalue weighted by Gasteiger charge is -2.37. The number of hydrogen-bond donors (Lipinski definition) is 0. The SMILES string of the molecule is CCC1c2ccc(C)cc2CCN1C(=O)CC(c1ccccc1)c1nnc(C)o1. The van der Waals surface area contributed by atoms with Gasteiger partial charge in [-0.05, 0) is 36.5 Å². The number of carbonyl (C=O) groups is 1. The zero-order valence-electron chi connectivity index (χ0n) is 17.3.